The maximum absolute atomic E-state index is 13.0. The predicted molar refractivity (Wildman–Crippen MR) is 77.5 cm³/mol. The zero-order valence-electron chi connectivity index (χ0n) is 13.1. The van der Waals surface area contributed by atoms with Gasteiger partial charge in [-0.05, 0) is 38.3 Å². The summed E-state index contributed by atoms with van der Waals surface area (Å²) in [6, 6.07) is 2.16. The number of carbonyl (C=O) groups is 2. The molecule has 1 unspecified atom stereocenters. The van der Waals surface area contributed by atoms with Gasteiger partial charge in [0.05, 0.1) is 5.41 Å². The number of carboxylic acid groups (broad SMARTS) is 1. The van der Waals surface area contributed by atoms with Crippen molar-refractivity contribution in [2.75, 3.05) is 13.1 Å². The number of halogens is 3. The van der Waals surface area contributed by atoms with Gasteiger partial charge in [-0.3, -0.25) is 9.59 Å². The number of nitrogens with zero attached hydrogens (tertiary/aromatic N) is 2. The van der Waals surface area contributed by atoms with Crippen molar-refractivity contribution < 1.29 is 27.9 Å². The minimum atomic E-state index is -4.62. The minimum Gasteiger partial charge on any atom is -0.481 e. The van der Waals surface area contributed by atoms with E-state index in [-0.39, 0.29) is 36.7 Å². The van der Waals surface area contributed by atoms with Gasteiger partial charge in [0, 0.05) is 30.3 Å². The fourth-order valence-electron chi connectivity index (χ4n) is 2.90. The summed E-state index contributed by atoms with van der Waals surface area (Å²) < 4.78 is 39.1. The molecule has 1 atom stereocenters. The predicted octanol–water partition coefficient (Wildman–Crippen LogP) is 2.91. The van der Waals surface area contributed by atoms with E-state index in [0.717, 1.165) is 18.9 Å². The second kappa shape index (κ2) is 5.46. The highest BCUT2D eigenvalue weighted by Gasteiger charge is 2.43. The molecule has 1 amide bonds. The molecule has 0 bridgehead atoms. The summed E-state index contributed by atoms with van der Waals surface area (Å²) in [5.74, 6) is -1.61. The molecular formula is C16H17F3N2O3. The number of aromatic nitrogens is 1. The number of alkyl halides is 3. The second-order valence-electron chi connectivity index (χ2n) is 6.78. The van der Waals surface area contributed by atoms with E-state index >= 15 is 0 Å². The molecule has 1 N–H and O–H groups in total. The first-order chi connectivity index (χ1) is 11.1. The summed E-state index contributed by atoms with van der Waals surface area (Å²) in [5.41, 5.74) is -1.92. The van der Waals surface area contributed by atoms with E-state index in [4.69, 9.17) is 0 Å². The van der Waals surface area contributed by atoms with Gasteiger partial charge in [-0.1, -0.05) is 0 Å². The highest BCUT2D eigenvalue weighted by molar-refractivity contribution is 5.95. The van der Waals surface area contributed by atoms with Crippen LogP contribution in [-0.4, -0.2) is 40.0 Å². The number of pyridine rings is 1. The standard InChI is InChI=1S/C16H17F3N2O3/c1-15(14(23)24)4-5-21(8-15)13(22)10-6-11(9-2-3-9)20-12(7-10)16(17,18)19/h6-7,9H,2-5,8H2,1H3,(H,23,24). The molecule has 0 radical (unpaired) electrons. The van der Waals surface area contributed by atoms with Crippen molar-refractivity contribution in [3.63, 3.8) is 0 Å². The first-order valence-corrected chi connectivity index (χ1v) is 7.72. The molecule has 2 heterocycles. The third kappa shape index (κ3) is 3.09. The van der Waals surface area contributed by atoms with Gasteiger partial charge in [-0.15, -0.1) is 0 Å². The van der Waals surface area contributed by atoms with Gasteiger partial charge in [0.25, 0.3) is 5.91 Å². The largest absolute Gasteiger partial charge is 0.481 e. The Morgan fingerprint density at radius 3 is 2.50 bits per heavy atom. The van der Waals surface area contributed by atoms with E-state index in [1.807, 2.05) is 0 Å². The van der Waals surface area contributed by atoms with E-state index < -0.39 is 29.2 Å². The fraction of sp³-hybridized carbons (Fsp3) is 0.562. The lowest BCUT2D eigenvalue weighted by atomic mass is 9.90. The third-order valence-electron chi connectivity index (χ3n) is 4.66. The summed E-state index contributed by atoms with van der Waals surface area (Å²) >= 11 is 0. The zero-order valence-corrected chi connectivity index (χ0v) is 13.1. The maximum atomic E-state index is 13.0. The molecule has 2 aliphatic rings. The average Bonchev–Trinajstić information content (AvgIpc) is 3.28. The lowest BCUT2D eigenvalue weighted by molar-refractivity contribution is -0.147. The van der Waals surface area contributed by atoms with E-state index in [2.05, 4.69) is 4.98 Å². The first kappa shape index (κ1) is 16.7. The molecule has 130 valence electrons. The van der Waals surface area contributed by atoms with Crippen molar-refractivity contribution in [3.8, 4) is 0 Å². The van der Waals surface area contributed by atoms with Crippen molar-refractivity contribution in [1.29, 1.82) is 0 Å². The zero-order chi connectivity index (χ0) is 17.7. The third-order valence-corrected chi connectivity index (χ3v) is 4.66. The van der Waals surface area contributed by atoms with Crippen LogP contribution in [0.2, 0.25) is 0 Å². The lowest BCUT2D eigenvalue weighted by Crippen LogP contribution is -2.35. The molecule has 1 aliphatic heterocycles. The van der Waals surface area contributed by atoms with Crippen molar-refractivity contribution >= 4 is 11.9 Å². The van der Waals surface area contributed by atoms with Crippen molar-refractivity contribution in [1.82, 2.24) is 9.88 Å². The van der Waals surface area contributed by atoms with Gasteiger partial charge in [-0.2, -0.15) is 13.2 Å². The Hall–Kier alpha value is -2.12. The van der Waals surface area contributed by atoms with Gasteiger partial charge < -0.3 is 10.0 Å². The molecule has 5 nitrogen and oxygen atoms in total. The Morgan fingerprint density at radius 1 is 1.33 bits per heavy atom. The van der Waals surface area contributed by atoms with E-state index in [9.17, 15) is 27.9 Å². The SMILES string of the molecule is CC1(C(=O)O)CCN(C(=O)c2cc(C3CC3)nc(C(F)(F)F)c2)C1. The number of carboxylic acids is 1. The first-order valence-electron chi connectivity index (χ1n) is 7.72. The number of carbonyl (C=O) groups excluding carboxylic acids is 1. The van der Waals surface area contributed by atoms with E-state index in [1.165, 1.54) is 17.9 Å². The molecule has 1 aliphatic carbocycles. The van der Waals surface area contributed by atoms with Crippen LogP contribution in [0.15, 0.2) is 12.1 Å². The second-order valence-corrected chi connectivity index (χ2v) is 6.78. The number of rotatable bonds is 3. The van der Waals surface area contributed by atoms with Crippen LogP contribution in [-0.2, 0) is 11.0 Å². The Balaban J connectivity index is 1.90. The highest BCUT2D eigenvalue weighted by atomic mass is 19.4. The smallest absolute Gasteiger partial charge is 0.433 e. The number of hydrogen-bond acceptors (Lipinski definition) is 3. The van der Waals surface area contributed by atoms with Crippen LogP contribution in [0, 0.1) is 5.41 Å². The number of amides is 1. The van der Waals surface area contributed by atoms with Crippen molar-refractivity contribution in [2.24, 2.45) is 5.41 Å². The number of hydrogen-bond donors (Lipinski definition) is 1. The molecule has 1 saturated heterocycles. The summed E-state index contributed by atoms with van der Waals surface area (Å²) in [4.78, 5) is 28.8. The molecule has 3 rings (SSSR count). The van der Waals surface area contributed by atoms with Gasteiger partial charge >= 0.3 is 12.1 Å². The Bertz CT molecular complexity index is 700. The highest BCUT2D eigenvalue weighted by Crippen LogP contribution is 2.41. The summed E-state index contributed by atoms with van der Waals surface area (Å²) in [7, 11) is 0. The molecule has 0 aromatic carbocycles. The van der Waals surface area contributed by atoms with E-state index in [0.29, 0.717) is 0 Å². The monoisotopic (exact) mass is 342 g/mol. The molecule has 1 saturated carbocycles. The van der Waals surface area contributed by atoms with Gasteiger partial charge in [-0.25, -0.2) is 4.98 Å². The van der Waals surface area contributed by atoms with Gasteiger partial charge in [0.2, 0.25) is 0 Å². The van der Waals surface area contributed by atoms with Crippen molar-refractivity contribution in [3.05, 3.63) is 29.1 Å². The maximum Gasteiger partial charge on any atom is 0.433 e. The average molecular weight is 342 g/mol. The summed E-state index contributed by atoms with van der Waals surface area (Å²) in [6.07, 6.45) is -2.81. The van der Waals surface area contributed by atoms with Crippen LogP contribution in [0.4, 0.5) is 13.2 Å². The van der Waals surface area contributed by atoms with E-state index in [1.54, 1.807) is 0 Å². The number of aliphatic carboxylic acids is 1. The molecule has 1 aromatic rings. The molecule has 2 fully saturated rings. The Kier molecular flexibility index (Phi) is 3.80. The fourth-order valence-corrected chi connectivity index (χ4v) is 2.90. The topological polar surface area (TPSA) is 70.5 Å². The van der Waals surface area contributed by atoms with Gasteiger partial charge in [0.1, 0.15) is 5.69 Å². The van der Waals surface area contributed by atoms with Crippen LogP contribution in [0.1, 0.15) is 53.8 Å². The lowest BCUT2D eigenvalue weighted by Gasteiger charge is -2.21. The van der Waals surface area contributed by atoms with Crippen LogP contribution in [0.3, 0.4) is 0 Å². The molecule has 0 spiro atoms. The van der Waals surface area contributed by atoms with Crippen LogP contribution >= 0.6 is 0 Å². The van der Waals surface area contributed by atoms with Crippen LogP contribution in [0.5, 0.6) is 0 Å². The Labute approximate surface area is 136 Å². The van der Waals surface area contributed by atoms with Crippen LogP contribution < -0.4 is 0 Å². The molecule has 24 heavy (non-hydrogen) atoms. The molecule has 1 aromatic heterocycles. The minimum absolute atomic E-state index is 0.0103. The van der Waals surface area contributed by atoms with Crippen molar-refractivity contribution in [2.45, 2.75) is 38.3 Å². The Morgan fingerprint density at radius 2 is 2.00 bits per heavy atom. The van der Waals surface area contributed by atoms with Crippen LogP contribution in [0.25, 0.3) is 0 Å². The quantitative estimate of drug-likeness (QED) is 0.917. The summed E-state index contributed by atoms with van der Waals surface area (Å²) in [5, 5.41) is 9.22. The molecular weight excluding hydrogens is 325 g/mol. The normalized spacial score (nSPS) is 24.2. The molecule has 8 heteroatoms. The summed E-state index contributed by atoms with van der Waals surface area (Å²) in [6.45, 7) is 1.74. The van der Waals surface area contributed by atoms with Gasteiger partial charge in [0.15, 0.2) is 0 Å². The number of likely N-dealkylation sites (tertiary alicyclic amines) is 1.